The lowest BCUT2D eigenvalue weighted by molar-refractivity contribution is -0.171. The molecule has 1 N–H and O–H groups in total. The van der Waals surface area contributed by atoms with E-state index in [4.69, 9.17) is 9.73 Å². The molecule has 0 amide bonds. The topological polar surface area (TPSA) is 36.9 Å². The number of fused-ring (bicyclic) bond motifs is 2. The van der Waals surface area contributed by atoms with Crippen LogP contribution in [0.2, 0.25) is 0 Å². The summed E-state index contributed by atoms with van der Waals surface area (Å²) in [7, 11) is 2.17. The Morgan fingerprint density at radius 2 is 2.38 bits per heavy atom. The third kappa shape index (κ3) is 2.66. The highest BCUT2D eigenvalue weighted by Crippen LogP contribution is 2.62. The third-order valence-corrected chi connectivity index (χ3v) is 7.20. The zero-order valence-corrected chi connectivity index (χ0v) is 15.6. The van der Waals surface area contributed by atoms with E-state index in [0.29, 0.717) is 23.5 Å². The summed E-state index contributed by atoms with van der Waals surface area (Å²) in [6.07, 6.45) is 6.82. The van der Waals surface area contributed by atoms with Crippen molar-refractivity contribution in [2.45, 2.75) is 51.2 Å². The van der Waals surface area contributed by atoms with Gasteiger partial charge in [0.2, 0.25) is 0 Å². The largest absolute Gasteiger partial charge is 0.377 e. The molecule has 0 aromatic carbocycles. The van der Waals surface area contributed by atoms with E-state index in [2.05, 4.69) is 41.7 Å². The molecule has 1 aromatic rings. The van der Waals surface area contributed by atoms with Gasteiger partial charge in [-0.25, -0.2) is 0 Å². The van der Waals surface area contributed by atoms with Crippen LogP contribution in [0.3, 0.4) is 0 Å². The Hall–Kier alpha value is -1.07. The molecule has 132 valence electrons. The van der Waals surface area contributed by atoms with Gasteiger partial charge in [-0.15, -0.1) is 11.3 Å². The number of hydrogen-bond donors (Lipinski definition) is 1. The Kier molecular flexibility index (Phi) is 4.56. The van der Waals surface area contributed by atoms with Crippen LogP contribution < -0.4 is 5.32 Å². The molecule has 1 saturated heterocycles. The molecule has 5 heteroatoms. The van der Waals surface area contributed by atoms with Crippen molar-refractivity contribution in [3.8, 4) is 0 Å². The van der Waals surface area contributed by atoms with E-state index in [1.165, 1.54) is 30.6 Å². The fourth-order valence-corrected chi connectivity index (χ4v) is 5.56. The van der Waals surface area contributed by atoms with Crippen LogP contribution in [0.15, 0.2) is 22.5 Å². The van der Waals surface area contributed by atoms with Gasteiger partial charge >= 0.3 is 0 Å². The van der Waals surface area contributed by atoms with Crippen molar-refractivity contribution in [3.05, 3.63) is 22.4 Å². The Labute approximate surface area is 149 Å². The first kappa shape index (κ1) is 16.4. The van der Waals surface area contributed by atoms with Crippen LogP contribution in [-0.4, -0.2) is 49.7 Å². The second-order valence-electron chi connectivity index (χ2n) is 7.50. The van der Waals surface area contributed by atoms with Gasteiger partial charge in [-0.1, -0.05) is 12.5 Å². The maximum absolute atomic E-state index is 6.05. The van der Waals surface area contributed by atoms with E-state index in [0.717, 1.165) is 32.1 Å². The number of nitrogens with one attached hydrogen (secondary N) is 1. The number of thiophene rings is 1. The number of aliphatic imine (C=N–C) groups is 1. The summed E-state index contributed by atoms with van der Waals surface area (Å²) in [5, 5.41) is 6.00. The first-order valence-corrected chi connectivity index (χ1v) is 10.3. The number of nitrogens with zero attached hydrogens (tertiary/aromatic N) is 2. The van der Waals surface area contributed by atoms with Crippen LogP contribution in [0.5, 0.6) is 0 Å². The monoisotopic (exact) mass is 347 g/mol. The van der Waals surface area contributed by atoms with E-state index in [-0.39, 0.29) is 0 Å². The molecule has 3 aliphatic rings. The lowest BCUT2D eigenvalue weighted by Crippen LogP contribution is -2.72. The van der Waals surface area contributed by atoms with Gasteiger partial charge in [-0.3, -0.25) is 4.99 Å². The molecule has 2 aliphatic carbocycles. The van der Waals surface area contributed by atoms with E-state index in [9.17, 15) is 0 Å². The maximum Gasteiger partial charge on any atom is 0.193 e. The van der Waals surface area contributed by atoms with Crippen LogP contribution in [0.4, 0.5) is 0 Å². The van der Waals surface area contributed by atoms with Crippen LogP contribution in [0, 0.1) is 11.3 Å². The second kappa shape index (κ2) is 6.68. The Morgan fingerprint density at radius 3 is 3.04 bits per heavy atom. The highest BCUT2D eigenvalue weighted by molar-refractivity contribution is 7.09. The molecule has 3 unspecified atom stereocenters. The molecule has 2 saturated carbocycles. The number of ether oxygens (including phenoxy) is 1. The van der Waals surface area contributed by atoms with Gasteiger partial charge in [0.05, 0.1) is 6.10 Å². The van der Waals surface area contributed by atoms with Crippen molar-refractivity contribution >= 4 is 17.3 Å². The van der Waals surface area contributed by atoms with E-state index >= 15 is 0 Å². The molecule has 4 nitrogen and oxygen atoms in total. The Bertz CT molecular complexity index is 581. The molecule has 1 spiro atoms. The minimum absolute atomic E-state index is 0.407. The first-order valence-electron chi connectivity index (χ1n) is 9.41. The maximum atomic E-state index is 6.05. The van der Waals surface area contributed by atoms with Crippen molar-refractivity contribution in [2.75, 3.05) is 26.7 Å². The summed E-state index contributed by atoms with van der Waals surface area (Å²) < 4.78 is 6.05. The summed E-state index contributed by atoms with van der Waals surface area (Å²) in [5.41, 5.74) is 0.407. The van der Waals surface area contributed by atoms with Crippen molar-refractivity contribution in [2.24, 2.45) is 16.3 Å². The molecule has 1 aromatic heterocycles. The van der Waals surface area contributed by atoms with Crippen molar-refractivity contribution < 1.29 is 4.74 Å². The van der Waals surface area contributed by atoms with Gasteiger partial charge in [-0.2, -0.15) is 0 Å². The summed E-state index contributed by atoms with van der Waals surface area (Å²) in [4.78, 5) is 8.53. The SMILES string of the molecule is CCN=C(NC1C2CCOC2C12CCC2)N(C)CCc1cccs1. The molecule has 4 rings (SSSR count). The smallest absolute Gasteiger partial charge is 0.193 e. The minimum atomic E-state index is 0.407. The van der Waals surface area contributed by atoms with Crippen LogP contribution in [0.1, 0.15) is 37.5 Å². The molecular formula is C19H29N3OS. The van der Waals surface area contributed by atoms with Crippen LogP contribution >= 0.6 is 11.3 Å². The zero-order valence-electron chi connectivity index (χ0n) is 14.8. The van der Waals surface area contributed by atoms with Crippen molar-refractivity contribution in [1.29, 1.82) is 0 Å². The zero-order chi connectivity index (χ0) is 16.6. The summed E-state index contributed by atoms with van der Waals surface area (Å²) in [5.74, 6) is 1.77. The number of hydrogen-bond acceptors (Lipinski definition) is 3. The van der Waals surface area contributed by atoms with Gasteiger partial charge in [0, 0.05) is 49.0 Å². The summed E-state index contributed by atoms with van der Waals surface area (Å²) in [6.45, 7) is 4.91. The Morgan fingerprint density at radius 1 is 1.50 bits per heavy atom. The minimum Gasteiger partial charge on any atom is -0.377 e. The van der Waals surface area contributed by atoms with E-state index in [1.807, 2.05) is 11.3 Å². The van der Waals surface area contributed by atoms with Gasteiger partial charge in [-0.05, 0) is 44.1 Å². The average Bonchev–Trinajstić information content (AvgIpc) is 3.18. The predicted molar refractivity (Wildman–Crippen MR) is 99.7 cm³/mol. The summed E-state index contributed by atoms with van der Waals surface area (Å²) in [6, 6.07) is 4.92. The fourth-order valence-electron chi connectivity index (χ4n) is 4.86. The normalized spacial score (nSPS) is 30.6. The Balaban J connectivity index is 1.41. The number of rotatable bonds is 5. The average molecular weight is 348 g/mol. The van der Waals surface area contributed by atoms with Gasteiger partial charge in [0.1, 0.15) is 0 Å². The lowest BCUT2D eigenvalue weighted by Gasteiger charge is -2.63. The summed E-state index contributed by atoms with van der Waals surface area (Å²) >= 11 is 1.84. The van der Waals surface area contributed by atoms with Gasteiger partial charge in [0.15, 0.2) is 5.96 Å². The standard InChI is InChI=1S/C19H29N3OS/c1-3-20-18(22(2)11-7-14-6-4-13-24-14)21-16-15-8-12-23-17(15)19(16)9-5-10-19/h4,6,13,15-17H,3,5,7-12H2,1-2H3,(H,20,21). The third-order valence-electron chi connectivity index (χ3n) is 6.26. The van der Waals surface area contributed by atoms with Crippen molar-refractivity contribution in [1.82, 2.24) is 10.2 Å². The van der Waals surface area contributed by atoms with Crippen molar-refractivity contribution in [3.63, 3.8) is 0 Å². The van der Waals surface area contributed by atoms with Crippen LogP contribution in [-0.2, 0) is 11.2 Å². The van der Waals surface area contributed by atoms with E-state index in [1.54, 1.807) is 0 Å². The van der Waals surface area contributed by atoms with Gasteiger partial charge < -0.3 is 15.0 Å². The molecule has 0 bridgehead atoms. The highest BCUT2D eigenvalue weighted by atomic mass is 32.1. The predicted octanol–water partition coefficient (Wildman–Crippen LogP) is 3.15. The molecule has 3 atom stereocenters. The molecule has 0 radical (unpaired) electrons. The molecule has 2 heterocycles. The molecule has 3 fully saturated rings. The number of likely N-dealkylation sites (N-methyl/N-ethyl adjacent to an activating group) is 1. The second-order valence-corrected chi connectivity index (χ2v) is 8.53. The lowest BCUT2D eigenvalue weighted by atomic mass is 9.46. The van der Waals surface area contributed by atoms with Crippen LogP contribution in [0.25, 0.3) is 0 Å². The molecule has 24 heavy (non-hydrogen) atoms. The number of guanidine groups is 1. The van der Waals surface area contributed by atoms with Gasteiger partial charge in [0.25, 0.3) is 0 Å². The quantitative estimate of drug-likeness (QED) is 0.657. The highest BCUT2D eigenvalue weighted by Gasteiger charge is 2.66. The van der Waals surface area contributed by atoms with E-state index < -0.39 is 0 Å². The first-order chi connectivity index (χ1) is 11.7. The molecule has 1 aliphatic heterocycles. The molecular weight excluding hydrogens is 318 g/mol. The fraction of sp³-hybridized carbons (Fsp3) is 0.737.